The highest BCUT2D eigenvalue weighted by Crippen LogP contribution is 2.31. The molecule has 0 bridgehead atoms. The quantitative estimate of drug-likeness (QED) is 0.535. The first-order chi connectivity index (χ1) is 7.95. The van der Waals surface area contributed by atoms with Crippen LogP contribution >= 0.6 is 45.2 Å². The Morgan fingerprint density at radius 3 is 2.76 bits per heavy atom. The molecule has 3 N–H and O–H groups in total. The number of carbonyl (C=O) groups is 1. The van der Waals surface area contributed by atoms with E-state index in [2.05, 4.69) is 22.6 Å². The number of halogens is 2. The van der Waals surface area contributed by atoms with Crippen molar-refractivity contribution in [2.75, 3.05) is 6.61 Å². The first-order valence-corrected chi connectivity index (χ1v) is 7.20. The maximum atomic E-state index is 11.3. The molecule has 1 aromatic carbocycles. The molecule has 17 heavy (non-hydrogen) atoms. The van der Waals surface area contributed by atoms with Crippen LogP contribution in [0.25, 0.3) is 0 Å². The van der Waals surface area contributed by atoms with Gasteiger partial charge in [-0.2, -0.15) is 0 Å². The Hall–Kier alpha value is -0.0900. The van der Waals surface area contributed by atoms with Crippen molar-refractivity contribution in [1.82, 2.24) is 0 Å². The van der Waals surface area contributed by atoms with E-state index < -0.39 is 6.04 Å². The zero-order chi connectivity index (χ0) is 13.0. The lowest BCUT2D eigenvalue weighted by Crippen LogP contribution is -2.17. The maximum absolute atomic E-state index is 11.3. The first-order valence-electron chi connectivity index (χ1n) is 5.04. The van der Waals surface area contributed by atoms with Crippen LogP contribution < -0.4 is 5.73 Å². The number of aromatic hydroxyl groups is 1. The minimum atomic E-state index is -0.544. The summed E-state index contributed by atoms with van der Waals surface area (Å²) in [7, 11) is 0. The van der Waals surface area contributed by atoms with Gasteiger partial charge in [0.15, 0.2) is 0 Å². The summed E-state index contributed by atoms with van der Waals surface area (Å²) in [6.45, 7) is 2.08. The average molecular weight is 461 g/mol. The van der Waals surface area contributed by atoms with Crippen LogP contribution in [0.2, 0.25) is 0 Å². The summed E-state index contributed by atoms with van der Waals surface area (Å²) < 4.78 is 6.53. The predicted octanol–water partition coefficient (Wildman–Crippen LogP) is 2.55. The van der Waals surface area contributed by atoms with Crippen molar-refractivity contribution in [1.29, 1.82) is 0 Å². The highest BCUT2D eigenvalue weighted by molar-refractivity contribution is 14.1. The molecule has 0 saturated carbocycles. The Bertz CT molecular complexity index is 423. The molecule has 0 aliphatic carbocycles. The van der Waals surface area contributed by atoms with Gasteiger partial charge in [-0.25, -0.2) is 0 Å². The molecule has 1 aromatic rings. The largest absolute Gasteiger partial charge is 0.506 e. The Labute approximate surface area is 127 Å². The highest BCUT2D eigenvalue weighted by Gasteiger charge is 2.18. The first kappa shape index (κ1) is 15.0. The number of benzene rings is 1. The van der Waals surface area contributed by atoms with Gasteiger partial charge in [-0.3, -0.25) is 4.79 Å². The summed E-state index contributed by atoms with van der Waals surface area (Å²) in [5.41, 5.74) is 6.48. The Kier molecular flexibility index (Phi) is 5.93. The summed E-state index contributed by atoms with van der Waals surface area (Å²) in [6, 6.07) is 3.08. The smallest absolute Gasteiger partial charge is 0.307 e. The van der Waals surface area contributed by atoms with Crippen molar-refractivity contribution < 1.29 is 14.6 Å². The van der Waals surface area contributed by atoms with Crippen molar-refractivity contribution in [2.24, 2.45) is 5.73 Å². The molecule has 0 spiro atoms. The molecular formula is C11H13I2NO3. The van der Waals surface area contributed by atoms with Gasteiger partial charge in [-0.1, -0.05) is 0 Å². The lowest BCUT2D eigenvalue weighted by molar-refractivity contribution is -0.143. The minimum Gasteiger partial charge on any atom is -0.506 e. The van der Waals surface area contributed by atoms with Crippen LogP contribution in [0.4, 0.5) is 0 Å². The van der Waals surface area contributed by atoms with Gasteiger partial charge in [0.2, 0.25) is 0 Å². The Balaban J connectivity index is 2.88. The van der Waals surface area contributed by atoms with Gasteiger partial charge in [0, 0.05) is 15.2 Å². The molecule has 94 valence electrons. The fourth-order valence-electron chi connectivity index (χ4n) is 1.38. The molecule has 4 nitrogen and oxygen atoms in total. The van der Waals surface area contributed by atoms with E-state index in [0.29, 0.717) is 12.2 Å². The number of phenols is 1. The van der Waals surface area contributed by atoms with Crippen LogP contribution in [0.3, 0.4) is 0 Å². The number of nitrogens with two attached hydrogens (primary N) is 1. The van der Waals surface area contributed by atoms with Crippen molar-refractivity contribution in [3.63, 3.8) is 0 Å². The van der Waals surface area contributed by atoms with Crippen molar-refractivity contribution in [2.45, 2.75) is 19.4 Å². The zero-order valence-corrected chi connectivity index (χ0v) is 13.6. The molecular weight excluding hydrogens is 448 g/mol. The highest BCUT2D eigenvalue weighted by atomic mass is 127. The fourth-order valence-corrected chi connectivity index (χ4v) is 3.27. The number of phenolic OH excluding ortho intramolecular Hbond substituents is 1. The van der Waals surface area contributed by atoms with E-state index in [0.717, 1.165) is 7.14 Å². The molecule has 6 heteroatoms. The molecule has 0 aromatic heterocycles. The Morgan fingerprint density at radius 2 is 2.18 bits per heavy atom. The molecule has 1 rings (SSSR count). The van der Waals surface area contributed by atoms with E-state index in [9.17, 15) is 9.90 Å². The van der Waals surface area contributed by atoms with E-state index in [1.165, 1.54) is 0 Å². The van der Waals surface area contributed by atoms with Crippen LogP contribution in [0.15, 0.2) is 12.1 Å². The number of hydrogen-bond acceptors (Lipinski definition) is 4. The van der Waals surface area contributed by atoms with E-state index in [-0.39, 0.29) is 18.1 Å². The molecule has 0 amide bonds. The molecule has 0 radical (unpaired) electrons. The number of carbonyl (C=O) groups excluding carboxylic acids is 1. The lowest BCUT2D eigenvalue weighted by atomic mass is 10.0. The van der Waals surface area contributed by atoms with Crippen molar-refractivity contribution in [3.8, 4) is 5.75 Å². The van der Waals surface area contributed by atoms with Crippen molar-refractivity contribution >= 4 is 51.2 Å². The van der Waals surface area contributed by atoms with Gasteiger partial charge in [0.1, 0.15) is 5.75 Å². The summed E-state index contributed by atoms with van der Waals surface area (Å²) in [4.78, 5) is 11.3. The normalized spacial score (nSPS) is 12.2. The minimum absolute atomic E-state index is 0.0670. The summed E-state index contributed by atoms with van der Waals surface area (Å²) in [5, 5.41) is 9.89. The molecule has 0 fully saturated rings. The second-order valence-corrected chi connectivity index (χ2v) is 5.85. The summed E-state index contributed by atoms with van der Waals surface area (Å²) in [5.74, 6) is -0.212. The van der Waals surface area contributed by atoms with Gasteiger partial charge < -0.3 is 15.6 Å². The van der Waals surface area contributed by atoms with Crippen LogP contribution in [0.5, 0.6) is 5.75 Å². The number of hydrogen-bond donors (Lipinski definition) is 2. The van der Waals surface area contributed by atoms with Gasteiger partial charge in [-0.05, 0) is 64.2 Å². The number of rotatable bonds is 4. The van der Waals surface area contributed by atoms with Gasteiger partial charge in [0.05, 0.1) is 16.6 Å². The topological polar surface area (TPSA) is 72.5 Å². The number of esters is 1. The molecule has 0 aliphatic rings. The maximum Gasteiger partial charge on any atom is 0.307 e. The van der Waals surface area contributed by atoms with Crippen LogP contribution in [-0.4, -0.2) is 17.7 Å². The fraction of sp³-hybridized carbons (Fsp3) is 0.364. The van der Waals surface area contributed by atoms with E-state index in [1.54, 1.807) is 13.0 Å². The third kappa shape index (κ3) is 4.25. The number of ether oxygens (including phenoxy) is 1. The van der Waals surface area contributed by atoms with E-state index >= 15 is 0 Å². The standard InChI is InChI=1S/C11H13I2NO3/c1-2-17-10(15)5-9(14)7-3-6(12)4-8(13)11(7)16/h3-4,9,16H,2,5,14H2,1H3/t9-/m0/s1. The average Bonchev–Trinajstić information content (AvgIpc) is 2.23. The molecule has 0 unspecified atom stereocenters. The second-order valence-electron chi connectivity index (χ2n) is 3.44. The monoisotopic (exact) mass is 461 g/mol. The van der Waals surface area contributed by atoms with Crippen LogP contribution in [-0.2, 0) is 9.53 Å². The Morgan fingerprint density at radius 1 is 1.53 bits per heavy atom. The second kappa shape index (κ2) is 6.74. The third-order valence-corrected chi connectivity index (χ3v) is 3.59. The molecule has 0 aliphatic heterocycles. The zero-order valence-electron chi connectivity index (χ0n) is 9.24. The van der Waals surface area contributed by atoms with E-state index in [4.69, 9.17) is 10.5 Å². The molecule has 1 atom stereocenters. The van der Waals surface area contributed by atoms with Crippen LogP contribution in [0.1, 0.15) is 24.9 Å². The SMILES string of the molecule is CCOC(=O)C[C@H](N)c1cc(I)cc(I)c1O. The third-order valence-electron chi connectivity index (χ3n) is 2.15. The molecule has 0 saturated heterocycles. The van der Waals surface area contributed by atoms with Gasteiger partial charge in [-0.15, -0.1) is 0 Å². The lowest BCUT2D eigenvalue weighted by Gasteiger charge is -2.14. The van der Waals surface area contributed by atoms with Gasteiger partial charge in [0.25, 0.3) is 0 Å². The summed E-state index contributed by atoms with van der Waals surface area (Å²) >= 11 is 4.18. The van der Waals surface area contributed by atoms with Gasteiger partial charge >= 0.3 is 5.97 Å². The predicted molar refractivity (Wildman–Crippen MR) is 81.7 cm³/mol. The summed E-state index contributed by atoms with van der Waals surface area (Å²) in [6.07, 6.45) is 0.0670. The van der Waals surface area contributed by atoms with Crippen molar-refractivity contribution in [3.05, 3.63) is 24.8 Å². The van der Waals surface area contributed by atoms with Crippen LogP contribution in [0, 0.1) is 7.14 Å². The van der Waals surface area contributed by atoms with E-state index in [1.807, 2.05) is 28.7 Å². The molecule has 0 heterocycles.